The number of benzene rings is 1. The molecule has 2 N–H and O–H groups in total. The molecule has 0 saturated carbocycles. The molecule has 0 spiro atoms. The van der Waals surface area contributed by atoms with Crippen molar-refractivity contribution in [2.24, 2.45) is 0 Å². The van der Waals surface area contributed by atoms with Crippen LogP contribution in [0.4, 0.5) is 15.8 Å². The van der Waals surface area contributed by atoms with Crippen molar-refractivity contribution in [3.63, 3.8) is 0 Å². The lowest BCUT2D eigenvalue weighted by Gasteiger charge is -1.99. The van der Waals surface area contributed by atoms with Crippen molar-refractivity contribution in [1.29, 1.82) is 0 Å². The molecule has 0 radical (unpaired) electrons. The molecule has 0 fully saturated rings. The molecule has 6 heteroatoms. The average Bonchev–Trinajstić information content (AvgIpc) is 1.97. The first-order valence-corrected chi connectivity index (χ1v) is 3.99. The maximum Gasteiger partial charge on any atom is 0.328 e. The minimum absolute atomic E-state index is 0.124. The lowest BCUT2D eigenvalue weighted by molar-refractivity contribution is -0.386. The van der Waals surface area contributed by atoms with Crippen molar-refractivity contribution in [3.05, 3.63) is 31.6 Å². The molecule has 0 amide bonds. The van der Waals surface area contributed by atoms with Crippen molar-refractivity contribution in [2.75, 3.05) is 5.73 Å². The molecular weight excluding hydrogens is 278 g/mol. The van der Waals surface area contributed by atoms with Crippen molar-refractivity contribution >= 4 is 34.0 Å². The molecule has 1 aromatic carbocycles. The van der Waals surface area contributed by atoms with E-state index in [0.717, 1.165) is 6.07 Å². The Morgan fingerprint density at radius 1 is 1.58 bits per heavy atom. The van der Waals surface area contributed by atoms with Gasteiger partial charge in [-0.25, -0.2) is 0 Å². The highest BCUT2D eigenvalue weighted by atomic mass is 127. The summed E-state index contributed by atoms with van der Waals surface area (Å²) in [6.45, 7) is 0. The predicted molar refractivity (Wildman–Crippen MR) is 50.2 cm³/mol. The molecule has 1 aromatic rings. The van der Waals surface area contributed by atoms with Gasteiger partial charge >= 0.3 is 5.69 Å². The Morgan fingerprint density at radius 3 is 2.58 bits per heavy atom. The second-order valence-corrected chi connectivity index (χ2v) is 3.21. The molecule has 64 valence electrons. The fraction of sp³-hybridized carbons (Fsp3) is 0. The highest BCUT2D eigenvalue weighted by Crippen LogP contribution is 2.28. The summed E-state index contributed by atoms with van der Waals surface area (Å²) in [5.74, 6) is -0.905. The van der Waals surface area contributed by atoms with Gasteiger partial charge in [0.1, 0.15) is 5.69 Å². The summed E-state index contributed by atoms with van der Waals surface area (Å²) in [4.78, 5) is 9.45. The van der Waals surface area contributed by atoms with E-state index in [1.165, 1.54) is 6.07 Å². The Morgan fingerprint density at radius 2 is 2.17 bits per heavy atom. The van der Waals surface area contributed by atoms with Crippen LogP contribution in [0.25, 0.3) is 0 Å². The van der Waals surface area contributed by atoms with Gasteiger partial charge in [0.15, 0.2) is 0 Å². The molecule has 0 bridgehead atoms. The summed E-state index contributed by atoms with van der Waals surface area (Å²) < 4.78 is 13.2. The Labute approximate surface area is 80.9 Å². The maximum absolute atomic E-state index is 12.8. The Bertz CT molecular complexity index is 343. The van der Waals surface area contributed by atoms with E-state index in [-0.39, 0.29) is 5.69 Å². The third-order valence-corrected chi connectivity index (χ3v) is 2.24. The lowest BCUT2D eigenvalue weighted by atomic mass is 10.2. The topological polar surface area (TPSA) is 69.2 Å². The van der Waals surface area contributed by atoms with Gasteiger partial charge in [-0.1, -0.05) is 0 Å². The summed E-state index contributed by atoms with van der Waals surface area (Å²) in [6.07, 6.45) is 0. The molecule has 1 rings (SSSR count). The van der Waals surface area contributed by atoms with Crippen LogP contribution in [0.15, 0.2) is 12.1 Å². The summed E-state index contributed by atoms with van der Waals surface area (Å²) in [6, 6.07) is 2.41. The van der Waals surface area contributed by atoms with Crippen LogP contribution in [-0.2, 0) is 0 Å². The molecular formula is C6H4FIN2O2. The van der Waals surface area contributed by atoms with Crippen LogP contribution in [0.5, 0.6) is 0 Å². The molecule has 0 aliphatic carbocycles. The number of anilines is 1. The second kappa shape index (κ2) is 3.21. The Balaban J connectivity index is 3.43. The maximum atomic E-state index is 12.8. The number of hydrogen-bond donors (Lipinski definition) is 1. The quantitative estimate of drug-likeness (QED) is 0.370. The Kier molecular flexibility index (Phi) is 2.46. The number of halogens is 2. The number of nitro groups is 1. The van der Waals surface area contributed by atoms with E-state index in [1.54, 1.807) is 22.6 Å². The summed E-state index contributed by atoms with van der Waals surface area (Å²) in [5.41, 5.74) is 4.52. The molecule has 0 saturated heterocycles. The third-order valence-electron chi connectivity index (χ3n) is 1.30. The first-order valence-electron chi connectivity index (χ1n) is 2.92. The van der Waals surface area contributed by atoms with Crippen LogP contribution in [0.2, 0.25) is 0 Å². The van der Waals surface area contributed by atoms with Crippen molar-refractivity contribution in [1.82, 2.24) is 0 Å². The van der Waals surface area contributed by atoms with Crippen LogP contribution in [-0.4, -0.2) is 4.92 Å². The molecule has 0 aliphatic rings. The molecule has 0 aliphatic heterocycles. The zero-order chi connectivity index (χ0) is 9.30. The number of nitrogen functional groups attached to an aromatic ring is 1. The molecule has 12 heavy (non-hydrogen) atoms. The van der Waals surface area contributed by atoms with Gasteiger partial charge in [-0.05, 0) is 34.7 Å². The van der Waals surface area contributed by atoms with E-state index in [0.29, 0.717) is 3.57 Å². The van der Waals surface area contributed by atoms with Crippen LogP contribution < -0.4 is 5.73 Å². The number of nitro benzene ring substituents is 1. The largest absolute Gasteiger partial charge is 0.392 e. The Hall–Kier alpha value is -0.920. The fourth-order valence-corrected chi connectivity index (χ4v) is 1.18. The zero-order valence-corrected chi connectivity index (χ0v) is 7.91. The van der Waals surface area contributed by atoms with Crippen LogP contribution in [0, 0.1) is 19.5 Å². The molecule has 4 nitrogen and oxygen atoms in total. The minimum Gasteiger partial charge on any atom is -0.392 e. The third kappa shape index (κ3) is 1.47. The number of hydrogen-bond acceptors (Lipinski definition) is 3. The van der Waals surface area contributed by atoms with Crippen molar-refractivity contribution in [2.45, 2.75) is 0 Å². The monoisotopic (exact) mass is 282 g/mol. The van der Waals surface area contributed by atoms with E-state index in [1.807, 2.05) is 0 Å². The molecule has 0 unspecified atom stereocenters. The van der Waals surface area contributed by atoms with Crippen molar-refractivity contribution < 1.29 is 9.31 Å². The van der Waals surface area contributed by atoms with Gasteiger partial charge in [0, 0.05) is 3.57 Å². The van der Waals surface area contributed by atoms with Gasteiger partial charge in [0.05, 0.1) is 4.92 Å². The number of rotatable bonds is 1. The zero-order valence-electron chi connectivity index (χ0n) is 5.75. The van der Waals surface area contributed by atoms with Crippen LogP contribution >= 0.6 is 22.6 Å². The van der Waals surface area contributed by atoms with E-state index < -0.39 is 16.4 Å². The normalized spacial score (nSPS) is 9.83. The standard InChI is InChI=1S/C6H4FIN2O2/c7-3-1-2-4(8)5(9)6(3)10(11)12/h1-2H,9H2. The lowest BCUT2D eigenvalue weighted by Crippen LogP contribution is -2.00. The van der Waals surface area contributed by atoms with Gasteiger partial charge in [0.25, 0.3) is 0 Å². The average molecular weight is 282 g/mol. The number of nitrogens with two attached hydrogens (primary N) is 1. The van der Waals surface area contributed by atoms with Gasteiger partial charge in [-0.3, -0.25) is 10.1 Å². The van der Waals surface area contributed by atoms with Crippen LogP contribution in [0.1, 0.15) is 0 Å². The van der Waals surface area contributed by atoms with Crippen molar-refractivity contribution in [3.8, 4) is 0 Å². The summed E-state index contributed by atoms with van der Waals surface area (Å²) >= 11 is 1.80. The van der Waals surface area contributed by atoms with Gasteiger partial charge in [-0.2, -0.15) is 4.39 Å². The predicted octanol–water partition coefficient (Wildman–Crippen LogP) is 1.92. The summed E-state index contributed by atoms with van der Waals surface area (Å²) in [5, 5.41) is 10.3. The highest BCUT2D eigenvalue weighted by Gasteiger charge is 2.19. The van der Waals surface area contributed by atoms with E-state index >= 15 is 0 Å². The fourth-order valence-electron chi connectivity index (χ4n) is 0.742. The van der Waals surface area contributed by atoms with E-state index in [4.69, 9.17) is 5.73 Å². The number of nitrogens with zero attached hydrogens (tertiary/aromatic N) is 1. The molecule has 0 aromatic heterocycles. The molecule has 0 atom stereocenters. The SMILES string of the molecule is Nc1c(I)ccc(F)c1[N+](=O)[O-]. The minimum atomic E-state index is -0.905. The smallest absolute Gasteiger partial charge is 0.328 e. The first-order chi connectivity index (χ1) is 5.54. The van der Waals surface area contributed by atoms with Crippen LogP contribution in [0.3, 0.4) is 0 Å². The van der Waals surface area contributed by atoms with Gasteiger partial charge in [-0.15, -0.1) is 0 Å². The van der Waals surface area contributed by atoms with E-state index in [9.17, 15) is 14.5 Å². The molecule has 0 heterocycles. The first kappa shape index (κ1) is 9.17. The van der Waals surface area contributed by atoms with E-state index in [2.05, 4.69) is 0 Å². The van der Waals surface area contributed by atoms with Gasteiger partial charge < -0.3 is 5.73 Å². The highest BCUT2D eigenvalue weighted by molar-refractivity contribution is 14.1. The second-order valence-electron chi connectivity index (χ2n) is 2.05. The summed E-state index contributed by atoms with van der Waals surface area (Å²) in [7, 11) is 0. The van der Waals surface area contributed by atoms with Gasteiger partial charge in [0.2, 0.25) is 5.82 Å².